The Morgan fingerprint density at radius 2 is 1.88 bits per heavy atom. The number of aryl methyl sites for hydroxylation is 2. The lowest BCUT2D eigenvalue weighted by atomic mass is 10.1. The van der Waals surface area contributed by atoms with E-state index >= 15 is 0 Å². The first-order chi connectivity index (χ1) is 11.6. The summed E-state index contributed by atoms with van der Waals surface area (Å²) in [5.74, 6) is 0.495. The molecule has 1 aromatic heterocycles. The van der Waals surface area contributed by atoms with Crippen LogP contribution in [-0.2, 0) is 18.4 Å². The molecule has 2 aromatic carbocycles. The van der Waals surface area contributed by atoms with Gasteiger partial charge < -0.3 is 9.47 Å². The molecule has 124 valence electrons. The highest BCUT2D eigenvalue weighted by Crippen LogP contribution is 2.23. The molecule has 0 atom stereocenters. The van der Waals surface area contributed by atoms with Crippen LogP contribution in [0.1, 0.15) is 11.1 Å². The highest BCUT2D eigenvalue weighted by atomic mass is 32.2. The van der Waals surface area contributed by atoms with Crippen LogP contribution in [0, 0.1) is 6.92 Å². The number of hydrogen-bond donors (Lipinski definition) is 0. The van der Waals surface area contributed by atoms with Gasteiger partial charge in [0.1, 0.15) is 0 Å². The van der Waals surface area contributed by atoms with Crippen LogP contribution >= 0.6 is 11.8 Å². The standard InChI is InChI=1S/C19H21N3OS/c1-14-8-4-5-9-15(14)12-21(2)18(23)13-24-19-20-16-10-6-7-11-17(16)22(19)3/h4-11H,12-13H2,1-3H3. The van der Waals surface area contributed by atoms with E-state index in [4.69, 9.17) is 0 Å². The van der Waals surface area contributed by atoms with E-state index in [1.807, 2.05) is 55.1 Å². The molecule has 4 nitrogen and oxygen atoms in total. The van der Waals surface area contributed by atoms with Gasteiger partial charge in [0.25, 0.3) is 0 Å². The van der Waals surface area contributed by atoms with Crippen LogP contribution in [0.2, 0.25) is 0 Å². The number of imidazole rings is 1. The first kappa shape index (κ1) is 16.6. The summed E-state index contributed by atoms with van der Waals surface area (Å²) in [5.41, 5.74) is 4.44. The molecular formula is C19H21N3OS. The summed E-state index contributed by atoms with van der Waals surface area (Å²) in [4.78, 5) is 18.8. The monoisotopic (exact) mass is 339 g/mol. The van der Waals surface area contributed by atoms with E-state index in [-0.39, 0.29) is 5.91 Å². The van der Waals surface area contributed by atoms with Gasteiger partial charge in [-0.1, -0.05) is 48.2 Å². The highest BCUT2D eigenvalue weighted by Gasteiger charge is 2.14. The number of aromatic nitrogens is 2. The summed E-state index contributed by atoms with van der Waals surface area (Å²) in [6.07, 6.45) is 0. The number of hydrogen-bond acceptors (Lipinski definition) is 3. The summed E-state index contributed by atoms with van der Waals surface area (Å²) in [6.45, 7) is 2.70. The molecule has 0 radical (unpaired) electrons. The largest absolute Gasteiger partial charge is 0.341 e. The molecular weight excluding hydrogens is 318 g/mol. The molecule has 0 spiro atoms. The molecule has 3 aromatic rings. The van der Waals surface area contributed by atoms with E-state index in [2.05, 4.69) is 24.0 Å². The molecule has 1 amide bonds. The van der Waals surface area contributed by atoms with Crippen LogP contribution in [-0.4, -0.2) is 33.2 Å². The molecule has 0 aliphatic heterocycles. The fourth-order valence-electron chi connectivity index (χ4n) is 2.62. The van der Waals surface area contributed by atoms with E-state index in [9.17, 15) is 4.79 Å². The van der Waals surface area contributed by atoms with Crippen molar-refractivity contribution in [3.8, 4) is 0 Å². The van der Waals surface area contributed by atoms with Crippen LogP contribution in [0.4, 0.5) is 0 Å². The molecule has 0 fully saturated rings. The number of para-hydroxylation sites is 2. The number of nitrogens with zero attached hydrogens (tertiary/aromatic N) is 3. The van der Waals surface area contributed by atoms with Crippen LogP contribution in [0.5, 0.6) is 0 Å². The molecule has 5 heteroatoms. The average molecular weight is 339 g/mol. The zero-order valence-corrected chi connectivity index (χ0v) is 15.0. The minimum Gasteiger partial charge on any atom is -0.341 e. The maximum Gasteiger partial charge on any atom is 0.233 e. The van der Waals surface area contributed by atoms with Crippen molar-refractivity contribution < 1.29 is 4.79 Å². The lowest BCUT2D eigenvalue weighted by Gasteiger charge is -2.18. The van der Waals surface area contributed by atoms with E-state index in [0.29, 0.717) is 12.3 Å². The lowest BCUT2D eigenvalue weighted by molar-refractivity contribution is -0.127. The van der Waals surface area contributed by atoms with E-state index < -0.39 is 0 Å². The lowest BCUT2D eigenvalue weighted by Crippen LogP contribution is -2.28. The van der Waals surface area contributed by atoms with Gasteiger partial charge in [0, 0.05) is 20.6 Å². The van der Waals surface area contributed by atoms with Gasteiger partial charge in [-0.15, -0.1) is 0 Å². The summed E-state index contributed by atoms with van der Waals surface area (Å²) in [6, 6.07) is 16.2. The number of fused-ring (bicyclic) bond motifs is 1. The van der Waals surface area contributed by atoms with Crippen molar-refractivity contribution in [2.24, 2.45) is 7.05 Å². The van der Waals surface area contributed by atoms with E-state index in [1.54, 1.807) is 4.90 Å². The summed E-state index contributed by atoms with van der Waals surface area (Å²) in [5, 5.41) is 0.869. The zero-order valence-electron chi connectivity index (χ0n) is 14.2. The third-order valence-corrected chi connectivity index (χ3v) is 5.18. The summed E-state index contributed by atoms with van der Waals surface area (Å²) in [7, 11) is 3.84. The maximum absolute atomic E-state index is 12.4. The fourth-order valence-corrected chi connectivity index (χ4v) is 3.55. The van der Waals surface area contributed by atoms with Gasteiger partial charge in [-0.05, 0) is 30.2 Å². The van der Waals surface area contributed by atoms with Crippen molar-refractivity contribution >= 4 is 28.7 Å². The van der Waals surface area contributed by atoms with Crippen molar-refractivity contribution in [1.29, 1.82) is 0 Å². The van der Waals surface area contributed by atoms with Gasteiger partial charge in [0.2, 0.25) is 5.91 Å². The van der Waals surface area contributed by atoms with Crippen molar-refractivity contribution in [3.05, 3.63) is 59.7 Å². The second-order valence-corrected chi connectivity index (χ2v) is 6.85. The molecule has 0 unspecified atom stereocenters. The molecule has 1 heterocycles. The van der Waals surface area contributed by atoms with Crippen LogP contribution in [0.3, 0.4) is 0 Å². The van der Waals surface area contributed by atoms with Crippen molar-refractivity contribution in [2.75, 3.05) is 12.8 Å². The van der Waals surface area contributed by atoms with Gasteiger partial charge >= 0.3 is 0 Å². The highest BCUT2D eigenvalue weighted by molar-refractivity contribution is 7.99. The molecule has 0 aliphatic rings. The zero-order chi connectivity index (χ0) is 17.1. The van der Waals surface area contributed by atoms with Crippen LogP contribution in [0.25, 0.3) is 11.0 Å². The maximum atomic E-state index is 12.4. The Balaban J connectivity index is 1.64. The first-order valence-electron chi connectivity index (χ1n) is 7.89. The van der Waals surface area contributed by atoms with Gasteiger partial charge in [0.05, 0.1) is 16.8 Å². The third-order valence-electron chi connectivity index (χ3n) is 4.17. The minimum atomic E-state index is 0.107. The molecule has 0 aliphatic carbocycles. The first-order valence-corrected chi connectivity index (χ1v) is 8.87. The quantitative estimate of drug-likeness (QED) is 0.666. The van der Waals surface area contributed by atoms with E-state index in [1.165, 1.54) is 22.9 Å². The molecule has 0 saturated heterocycles. The molecule has 24 heavy (non-hydrogen) atoms. The predicted octanol–water partition coefficient (Wildman–Crippen LogP) is 3.63. The molecule has 0 bridgehead atoms. The van der Waals surface area contributed by atoms with Gasteiger partial charge in [-0.3, -0.25) is 4.79 Å². The number of carbonyl (C=O) groups is 1. The Kier molecular flexibility index (Phi) is 4.90. The number of thioether (sulfide) groups is 1. The van der Waals surface area contributed by atoms with Crippen LogP contribution < -0.4 is 0 Å². The van der Waals surface area contributed by atoms with Crippen molar-refractivity contribution in [3.63, 3.8) is 0 Å². The number of rotatable bonds is 5. The van der Waals surface area contributed by atoms with Crippen molar-refractivity contribution in [2.45, 2.75) is 18.6 Å². The van der Waals surface area contributed by atoms with E-state index in [0.717, 1.165) is 16.2 Å². The Morgan fingerprint density at radius 3 is 2.62 bits per heavy atom. The summed E-state index contributed by atoms with van der Waals surface area (Å²) >= 11 is 1.48. The number of amides is 1. The Morgan fingerprint density at radius 1 is 1.17 bits per heavy atom. The topological polar surface area (TPSA) is 38.1 Å². The van der Waals surface area contributed by atoms with Gasteiger partial charge in [-0.2, -0.15) is 0 Å². The summed E-state index contributed by atoms with van der Waals surface area (Å²) < 4.78 is 2.04. The van der Waals surface area contributed by atoms with Gasteiger partial charge in [0.15, 0.2) is 5.16 Å². The smallest absolute Gasteiger partial charge is 0.233 e. The third kappa shape index (κ3) is 3.46. The second kappa shape index (κ2) is 7.09. The van der Waals surface area contributed by atoms with Crippen LogP contribution in [0.15, 0.2) is 53.7 Å². The minimum absolute atomic E-state index is 0.107. The normalized spacial score (nSPS) is 11.0. The number of carbonyl (C=O) groups excluding carboxylic acids is 1. The SMILES string of the molecule is Cc1ccccc1CN(C)C(=O)CSc1nc2ccccc2n1C. The fraction of sp³-hybridized carbons (Fsp3) is 0.263. The Bertz CT molecular complexity index is 872. The molecule has 3 rings (SSSR count). The van der Waals surface area contributed by atoms with Gasteiger partial charge in [-0.25, -0.2) is 4.98 Å². The predicted molar refractivity (Wildman–Crippen MR) is 99.1 cm³/mol. The number of benzene rings is 2. The second-order valence-electron chi connectivity index (χ2n) is 5.91. The average Bonchev–Trinajstić information content (AvgIpc) is 2.91. The van der Waals surface area contributed by atoms with Crippen molar-refractivity contribution in [1.82, 2.24) is 14.5 Å². The Labute approximate surface area is 146 Å². The molecule has 0 saturated carbocycles. The molecule has 0 N–H and O–H groups in total. The Hall–Kier alpha value is -2.27.